The maximum Gasteiger partial charge on any atom is 0.174 e. The molecule has 0 saturated heterocycles. The molecule has 0 unspecified atom stereocenters. The largest absolute Gasteiger partial charge is 0.203 e. The first kappa shape index (κ1) is 17.0. The number of unbranched alkanes of at least 4 members (excludes halogenated alkanes) is 2. The van der Waals surface area contributed by atoms with Gasteiger partial charge in [0.05, 0.1) is 5.56 Å². The molecule has 0 bridgehead atoms. The molecule has 2 rings (SSSR count). The summed E-state index contributed by atoms with van der Waals surface area (Å²) >= 11 is 0. The van der Waals surface area contributed by atoms with E-state index in [4.69, 9.17) is 0 Å². The van der Waals surface area contributed by atoms with Crippen LogP contribution in [0.5, 0.6) is 0 Å². The van der Waals surface area contributed by atoms with Crippen molar-refractivity contribution in [1.29, 1.82) is 0 Å². The second-order valence-electron chi connectivity index (χ2n) is 6.42. The molecular weight excluding hydrogens is 278 g/mol. The third-order valence-electron chi connectivity index (χ3n) is 4.87. The number of hydrogen-bond acceptors (Lipinski definition) is 0. The predicted molar refractivity (Wildman–Crippen MR) is 87.8 cm³/mol. The molecular formula is C20H26F2. The quantitative estimate of drug-likeness (QED) is 0.449. The molecule has 1 aromatic rings. The Labute approximate surface area is 133 Å². The molecule has 1 aliphatic rings. The van der Waals surface area contributed by atoms with Crippen molar-refractivity contribution in [1.82, 2.24) is 0 Å². The van der Waals surface area contributed by atoms with Gasteiger partial charge in [0.1, 0.15) is 0 Å². The molecule has 1 aromatic carbocycles. The molecule has 0 atom stereocenters. The maximum absolute atomic E-state index is 14.3. The summed E-state index contributed by atoms with van der Waals surface area (Å²) in [7, 11) is 0. The number of rotatable bonds is 5. The Morgan fingerprint density at radius 3 is 2.41 bits per heavy atom. The third kappa shape index (κ3) is 4.09. The molecule has 1 saturated carbocycles. The average Bonchev–Trinajstić information content (AvgIpc) is 2.53. The highest BCUT2D eigenvalue weighted by Gasteiger charge is 2.25. The molecule has 22 heavy (non-hydrogen) atoms. The zero-order valence-electron chi connectivity index (χ0n) is 13.7. The molecule has 1 fully saturated rings. The van der Waals surface area contributed by atoms with Crippen molar-refractivity contribution in [2.24, 2.45) is 5.92 Å². The van der Waals surface area contributed by atoms with Gasteiger partial charge in [0.15, 0.2) is 11.6 Å². The van der Waals surface area contributed by atoms with E-state index in [-0.39, 0.29) is 11.5 Å². The monoisotopic (exact) mass is 304 g/mol. The Morgan fingerprint density at radius 2 is 1.77 bits per heavy atom. The first-order valence-corrected chi connectivity index (χ1v) is 8.58. The molecule has 0 aliphatic heterocycles. The van der Waals surface area contributed by atoms with Crippen LogP contribution < -0.4 is 0 Å². The average molecular weight is 304 g/mol. The summed E-state index contributed by atoms with van der Waals surface area (Å²) in [6.07, 6.45) is 9.41. The van der Waals surface area contributed by atoms with Gasteiger partial charge in [-0.2, -0.15) is 0 Å². The van der Waals surface area contributed by atoms with Crippen LogP contribution in [0.25, 0.3) is 0 Å². The first-order valence-electron chi connectivity index (χ1n) is 8.58. The molecule has 120 valence electrons. The van der Waals surface area contributed by atoms with Crippen molar-refractivity contribution < 1.29 is 8.78 Å². The van der Waals surface area contributed by atoms with Gasteiger partial charge in [-0.05, 0) is 56.1 Å². The normalized spacial score (nSPS) is 21.3. The highest BCUT2D eigenvalue weighted by atomic mass is 19.2. The first-order chi connectivity index (χ1) is 10.7. The summed E-state index contributed by atoms with van der Waals surface area (Å²) in [5, 5.41) is 0. The van der Waals surface area contributed by atoms with Gasteiger partial charge in [-0.3, -0.25) is 0 Å². The maximum atomic E-state index is 14.3. The summed E-state index contributed by atoms with van der Waals surface area (Å²) in [4.78, 5) is 0. The minimum atomic E-state index is -0.781. The van der Waals surface area contributed by atoms with Gasteiger partial charge in [-0.1, -0.05) is 44.6 Å². The lowest BCUT2D eigenvalue weighted by atomic mass is 9.76. The Hall–Kier alpha value is -1.36. The molecule has 0 amide bonds. The van der Waals surface area contributed by atoms with Crippen LogP contribution in [-0.2, 0) is 0 Å². The van der Waals surface area contributed by atoms with Crippen molar-refractivity contribution >= 4 is 0 Å². The van der Waals surface area contributed by atoms with E-state index in [1.807, 2.05) is 0 Å². The van der Waals surface area contributed by atoms with E-state index in [2.05, 4.69) is 18.8 Å². The summed E-state index contributed by atoms with van der Waals surface area (Å²) in [5.74, 6) is 4.72. The van der Waals surface area contributed by atoms with Gasteiger partial charge in [-0.25, -0.2) is 8.78 Å². The molecule has 0 heterocycles. The fourth-order valence-corrected chi connectivity index (χ4v) is 3.56. The molecule has 0 spiro atoms. The SMILES string of the molecule is CC#Cc1ccc([C@H]2CC[C@H](CCCCC)CC2)c(F)c1F. The van der Waals surface area contributed by atoms with Gasteiger partial charge < -0.3 is 0 Å². The second kappa shape index (κ2) is 8.32. The molecule has 0 N–H and O–H groups in total. The van der Waals surface area contributed by atoms with E-state index < -0.39 is 11.6 Å². The fraction of sp³-hybridized carbons (Fsp3) is 0.600. The standard InChI is InChI=1S/C20H26F2/c1-3-5-6-8-15-9-11-16(12-10-15)18-14-13-17(7-4-2)19(21)20(18)22/h13-16H,3,5-6,8-12H2,1-2H3/t15-,16-. The number of hydrogen-bond donors (Lipinski definition) is 0. The molecule has 0 aromatic heterocycles. The van der Waals surface area contributed by atoms with Crippen LogP contribution in [0, 0.1) is 29.4 Å². The molecule has 0 nitrogen and oxygen atoms in total. The minimum Gasteiger partial charge on any atom is -0.203 e. The van der Waals surface area contributed by atoms with Gasteiger partial charge in [0.2, 0.25) is 0 Å². The highest BCUT2D eigenvalue weighted by Crippen LogP contribution is 2.39. The van der Waals surface area contributed by atoms with Gasteiger partial charge in [-0.15, -0.1) is 5.92 Å². The summed E-state index contributed by atoms with van der Waals surface area (Å²) in [5.41, 5.74) is 0.711. The van der Waals surface area contributed by atoms with E-state index in [0.717, 1.165) is 31.6 Å². The van der Waals surface area contributed by atoms with Crippen LogP contribution in [0.4, 0.5) is 8.78 Å². The van der Waals surface area contributed by atoms with Crippen molar-refractivity contribution in [2.45, 2.75) is 71.1 Å². The minimum absolute atomic E-state index is 0.164. The smallest absolute Gasteiger partial charge is 0.174 e. The summed E-state index contributed by atoms with van der Waals surface area (Å²) in [6, 6.07) is 3.36. The summed E-state index contributed by atoms with van der Waals surface area (Å²) < 4.78 is 28.3. The zero-order valence-corrected chi connectivity index (χ0v) is 13.7. The predicted octanol–water partition coefficient (Wildman–Crippen LogP) is 6.19. The van der Waals surface area contributed by atoms with Crippen molar-refractivity contribution in [2.75, 3.05) is 0 Å². The topological polar surface area (TPSA) is 0 Å². The Balaban J connectivity index is 1.99. The van der Waals surface area contributed by atoms with Crippen LogP contribution in [0.3, 0.4) is 0 Å². The van der Waals surface area contributed by atoms with E-state index in [1.54, 1.807) is 19.1 Å². The lowest BCUT2D eigenvalue weighted by molar-refractivity contribution is 0.298. The van der Waals surface area contributed by atoms with Crippen LogP contribution in [-0.4, -0.2) is 0 Å². The van der Waals surface area contributed by atoms with Crippen LogP contribution in [0.2, 0.25) is 0 Å². The lowest BCUT2D eigenvalue weighted by Gasteiger charge is -2.29. The summed E-state index contributed by atoms with van der Waals surface area (Å²) in [6.45, 7) is 3.85. The highest BCUT2D eigenvalue weighted by molar-refractivity contribution is 5.39. The fourth-order valence-electron chi connectivity index (χ4n) is 3.56. The van der Waals surface area contributed by atoms with E-state index in [1.165, 1.54) is 25.7 Å². The zero-order chi connectivity index (χ0) is 15.9. The Bertz CT molecular complexity index is 543. The van der Waals surface area contributed by atoms with Crippen LogP contribution >= 0.6 is 0 Å². The number of benzene rings is 1. The van der Waals surface area contributed by atoms with Crippen molar-refractivity contribution in [3.63, 3.8) is 0 Å². The number of halogens is 2. The van der Waals surface area contributed by atoms with E-state index in [9.17, 15) is 8.78 Å². The van der Waals surface area contributed by atoms with Gasteiger partial charge in [0, 0.05) is 0 Å². The second-order valence-corrected chi connectivity index (χ2v) is 6.42. The van der Waals surface area contributed by atoms with Crippen molar-refractivity contribution in [3.8, 4) is 11.8 Å². The van der Waals surface area contributed by atoms with Crippen LogP contribution in [0.15, 0.2) is 12.1 Å². The Morgan fingerprint density at radius 1 is 1.05 bits per heavy atom. The molecule has 0 radical (unpaired) electrons. The van der Waals surface area contributed by atoms with Crippen molar-refractivity contribution in [3.05, 3.63) is 34.9 Å². The van der Waals surface area contributed by atoms with E-state index in [0.29, 0.717) is 5.56 Å². The van der Waals surface area contributed by atoms with Gasteiger partial charge >= 0.3 is 0 Å². The Kier molecular flexibility index (Phi) is 6.43. The van der Waals surface area contributed by atoms with Gasteiger partial charge in [0.25, 0.3) is 0 Å². The third-order valence-corrected chi connectivity index (χ3v) is 4.87. The molecule has 1 aliphatic carbocycles. The van der Waals surface area contributed by atoms with E-state index >= 15 is 0 Å². The lowest BCUT2D eigenvalue weighted by Crippen LogP contribution is -2.15. The molecule has 2 heteroatoms. The van der Waals surface area contributed by atoms with Crippen LogP contribution in [0.1, 0.15) is 82.3 Å².